The molecule has 0 aliphatic heterocycles. The van der Waals surface area contributed by atoms with Crippen molar-refractivity contribution in [2.24, 2.45) is 0 Å². The highest BCUT2D eigenvalue weighted by Gasteiger charge is 2.15. The van der Waals surface area contributed by atoms with Gasteiger partial charge in [0.1, 0.15) is 23.4 Å². The molecule has 0 spiro atoms. The van der Waals surface area contributed by atoms with Gasteiger partial charge in [0.15, 0.2) is 5.82 Å². The summed E-state index contributed by atoms with van der Waals surface area (Å²) in [5.74, 6) is 0.166. The number of aryl methyl sites for hydroxylation is 1. The van der Waals surface area contributed by atoms with Crippen molar-refractivity contribution in [3.63, 3.8) is 0 Å². The molecule has 0 unspecified atom stereocenters. The molecular formula is C23H24ClFN8O3. The maximum atomic E-state index is 13.3. The molecule has 3 heterocycles. The van der Waals surface area contributed by atoms with E-state index in [1.54, 1.807) is 10.7 Å². The molecule has 0 aliphatic rings. The van der Waals surface area contributed by atoms with E-state index in [0.717, 1.165) is 30.1 Å². The van der Waals surface area contributed by atoms with Crippen molar-refractivity contribution in [3.8, 4) is 5.75 Å². The molecule has 36 heavy (non-hydrogen) atoms. The van der Waals surface area contributed by atoms with E-state index in [4.69, 9.17) is 21.4 Å². The van der Waals surface area contributed by atoms with Gasteiger partial charge in [-0.25, -0.2) is 23.9 Å². The highest BCUT2D eigenvalue weighted by molar-refractivity contribution is 6.31. The summed E-state index contributed by atoms with van der Waals surface area (Å²) in [7, 11) is 0. The molecule has 0 radical (unpaired) electrons. The largest absolute Gasteiger partial charge is 0.492 e. The highest BCUT2D eigenvalue weighted by Crippen LogP contribution is 2.29. The number of halogens is 2. The van der Waals surface area contributed by atoms with Crippen molar-refractivity contribution in [2.45, 2.75) is 13.3 Å². The number of nitrogens with one attached hydrogen (secondary N) is 3. The Balaban J connectivity index is 1.41. The van der Waals surface area contributed by atoms with Crippen LogP contribution in [0.1, 0.15) is 22.3 Å². The second-order valence-electron chi connectivity index (χ2n) is 7.70. The van der Waals surface area contributed by atoms with Crippen LogP contribution in [0.4, 0.5) is 21.8 Å². The van der Waals surface area contributed by atoms with Crippen LogP contribution in [0.5, 0.6) is 5.75 Å². The zero-order valence-electron chi connectivity index (χ0n) is 19.3. The number of amides is 1. The van der Waals surface area contributed by atoms with E-state index in [1.807, 2.05) is 6.92 Å². The lowest BCUT2D eigenvalue weighted by Crippen LogP contribution is -2.20. The van der Waals surface area contributed by atoms with Crippen LogP contribution < -0.4 is 20.7 Å². The Morgan fingerprint density at radius 1 is 1.22 bits per heavy atom. The molecule has 0 saturated heterocycles. The molecule has 188 valence electrons. The monoisotopic (exact) mass is 514 g/mol. The quantitative estimate of drug-likeness (QED) is 0.222. The van der Waals surface area contributed by atoms with Crippen LogP contribution in [-0.4, -0.2) is 61.9 Å². The van der Waals surface area contributed by atoms with E-state index in [9.17, 15) is 9.18 Å². The topological polar surface area (TPSA) is 139 Å². The summed E-state index contributed by atoms with van der Waals surface area (Å²) in [5, 5.41) is 21.7. The van der Waals surface area contributed by atoms with Crippen LogP contribution in [0.2, 0.25) is 5.02 Å². The number of fused-ring (bicyclic) bond motifs is 1. The average Bonchev–Trinajstić information content (AvgIpc) is 3.20. The molecule has 4 N–H and O–H groups in total. The maximum Gasteiger partial charge on any atom is 0.258 e. The molecule has 0 bridgehead atoms. The van der Waals surface area contributed by atoms with Crippen LogP contribution in [0.25, 0.3) is 5.52 Å². The second kappa shape index (κ2) is 11.7. The Hall–Kier alpha value is -3.87. The summed E-state index contributed by atoms with van der Waals surface area (Å²) < 4.78 is 20.9. The van der Waals surface area contributed by atoms with E-state index in [0.29, 0.717) is 30.4 Å². The summed E-state index contributed by atoms with van der Waals surface area (Å²) >= 11 is 5.74. The van der Waals surface area contributed by atoms with Gasteiger partial charge in [0.25, 0.3) is 5.91 Å². The van der Waals surface area contributed by atoms with Crippen molar-refractivity contribution >= 4 is 40.5 Å². The fourth-order valence-electron chi connectivity index (χ4n) is 3.36. The summed E-state index contributed by atoms with van der Waals surface area (Å²) in [6, 6.07) is 3.66. The number of ether oxygens (including phenoxy) is 1. The van der Waals surface area contributed by atoms with Crippen LogP contribution in [0.3, 0.4) is 0 Å². The number of anilines is 3. The second-order valence-corrected chi connectivity index (χ2v) is 8.11. The van der Waals surface area contributed by atoms with E-state index in [1.165, 1.54) is 30.9 Å². The maximum absolute atomic E-state index is 13.3. The van der Waals surface area contributed by atoms with Gasteiger partial charge in [0.05, 0.1) is 42.5 Å². The smallest absolute Gasteiger partial charge is 0.258 e. The van der Waals surface area contributed by atoms with Crippen molar-refractivity contribution < 1.29 is 19.0 Å². The van der Waals surface area contributed by atoms with Gasteiger partial charge in [-0.2, -0.15) is 5.10 Å². The fraction of sp³-hybridized carbons (Fsp3) is 0.261. The van der Waals surface area contributed by atoms with Gasteiger partial charge in [0, 0.05) is 17.7 Å². The number of benzene rings is 1. The Bertz CT molecular complexity index is 1350. The summed E-state index contributed by atoms with van der Waals surface area (Å²) in [6.45, 7) is 3.83. The van der Waals surface area contributed by atoms with Gasteiger partial charge in [-0.1, -0.05) is 11.6 Å². The average molecular weight is 515 g/mol. The summed E-state index contributed by atoms with van der Waals surface area (Å²) in [6.07, 6.45) is 6.98. The zero-order chi connectivity index (χ0) is 25.5. The molecule has 0 saturated carbocycles. The van der Waals surface area contributed by atoms with Gasteiger partial charge < -0.3 is 20.5 Å². The number of hydrogen-bond donors (Lipinski definition) is 4. The van der Waals surface area contributed by atoms with Gasteiger partial charge in [-0.3, -0.25) is 10.1 Å². The first-order valence-corrected chi connectivity index (χ1v) is 11.5. The van der Waals surface area contributed by atoms with Crippen LogP contribution in [0, 0.1) is 12.7 Å². The van der Waals surface area contributed by atoms with E-state index in [-0.39, 0.29) is 23.1 Å². The third-order valence-corrected chi connectivity index (χ3v) is 5.44. The van der Waals surface area contributed by atoms with E-state index < -0.39 is 11.7 Å². The zero-order valence-corrected chi connectivity index (χ0v) is 20.1. The number of nitrogens with zero attached hydrogens (tertiary/aromatic N) is 5. The van der Waals surface area contributed by atoms with Crippen LogP contribution in [0.15, 0.2) is 43.1 Å². The molecule has 1 amide bonds. The highest BCUT2D eigenvalue weighted by atomic mass is 35.5. The van der Waals surface area contributed by atoms with Gasteiger partial charge in [-0.05, 0) is 38.1 Å². The Kier molecular flexibility index (Phi) is 8.21. The molecule has 11 nitrogen and oxygen atoms in total. The fourth-order valence-corrected chi connectivity index (χ4v) is 3.54. The molecule has 4 aromatic rings. The summed E-state index contributed by atoms with van der Waals surface area (Å²) in [5.41, 5.74) is 2.32. The molecule has 3 aromatic heterocycles. The van der Waals surface area contributed by atoms with E-state index in [2.05, 4.69) is 36.0 Å². The molecular weight excluding hydrogens is 491 g/mol. The van der Waals surface area contributed by atoms with Gasteiger partial charge >= 0.3 is 0 Å². The Morgan fingerprint density at radius 2 is 2.03 bits per heavy atom. The minimum atomic E-state index is -0.609. The molecule has 4 rings (SSSR count). The number of carbonyl (C=O) groups excluding carboxylic acids is 1. The van der Waals surface area contributed by atoms with E-state index >= 15 is 0 Å². The van der Waals surface area contributed by atoms with Crippen molar-refractivity contribution in [3.05, 3.63) is 65.1 Å². The number of hydrogen-bond acceptors (Lipinski definition) is 9. The molecule has 0 fully saturated rings. The first-order valence-electron chi connectivity index (χ1n) is 11.1. The number of aliphatic hydroxyl groups is 1. The third-order valence-electron chi connectivity index (χ3n) is 5.15. The molecule has 0 atom stereocenters. The van der Waals surface area contributed by atoms with Gasteiger partial charge in [-0.15, -0.1) is 0 Å². The molecule has 0 aliphatic carbocycles. The lowest BCUT2D eigenvalue weighted by molar-refractivity contribution is 0.102. The molecule has 1 aromatic carbocycles. The predicted molar refractivity (Wildman–Crippen MR) is 132 cm³/mol. The Morgan fingerprint density at radius 3 is 2.78 bits per heavy atom. The number of carbonyl (C=O) groups is 1. The lowest BCUT2D eigenvalue weighted by Gasteiger charge is -2.09. The number of aromatic nitrogens is 5. The SMILES string of the molecule is Cc1c(OCCCNCCO)cn2ncnc(Nc3cnc(NC(=O)c4ccc(F)c(Cl)c4)nc3)c12. The first kappa shape index (κ1) is 25.2. The standard InChI is InChI=1S/C23H24ClFN8O3/c1-14-19(36-8-2-5-26-6-7-34)12-33-20(14)21(29-13-30-33)31-16-10-27-23(28-11-16)32-22(35)15-3-4-18(25)17(24)9-15/h3-4,9-13,26,34H,2,5-8H2,1H3,(H,29,30,31)(H,27,28,32,35). The first-order chi connectivity index (χ1) is 17.5. The minimum Gasteiger partial charge on any atom is -0.492 e. The minimum absolute atomic E-state index is 0.0712. The third kappa shape index (κ3) is 6.03. The summed E-state index contributed by atoms with van der Waals surface area (Å²) in [4.78, 5) is 25.0. The van der Waals surface area contributed by atoms with Crippen molar-refractivity contribution in [1.82, 2.24) is 29.9 Å². The lowest BCUT2D eigenvalue weighted by atomic mass is 10.2. The number of rotatable bonds is 11. The molecule has 13 heteroatoms. The Labute approximate surface area is 210 Å². The normalized spacial score (nSPS) is 11.0. The van der Waals surface area contributed by atoms with Crippen molar-refractivity contribution in [1.29, 1.82) is 0 Å². The van der Waals surface area contributed by atoms with Crippen LogP contribution >= 0.6 is 11.6 Å². The van der Waals surface area contributed by atoms with Crippen LogP contribution in [-0.2, 0) is 0 Å². The van der Waals surface area contributed by atoms with Crippen molar-refractivity contribution in [2.75, 3.05) is 36.9 Å². The predicted octanol–water partition coefficient (Wildman–Crippen LogP) is 2.97. The van der Waals surface area contributed by atoms with Gasteiger partial charge in [0.2, 0.25) is 5.95 Å². The number of aliphatic hydroxyl groups excluding tert-OH is 1.